The Morgan fingerprint density at radius 2 is 2.21 bits per heavy atom. The van der Waals surface area contributed by atoms with Gasteiger partial charge in [0.2, 0.25) is 0 Å². The normalized spacial score (nSPS) is 20.0. The van der Waals surface area contributed by atoms with Gasteiger partial charge in [-0.2, -0.15) is 0 Å². The Morgan fingerprint density at radius 3 is 3.00 bits per heavy atom. The van der Waals surface area contributed by atoms with Crippen molar-refractivity contribution in [2.75, 3.05) is 6.61 Å². The lowest BCUT2D eigenvalue weighted by atomic mass is 9.92. The second-order valence-corrected chi connectivity index (χ2v) is 5.14. The summed E-state index contributed by atoms with van der Waals surface area (Å²) in [5, 5.41) is 0. The van der Waals surface area contributed by atoms with Crippen LogP contribution >= 0.6 is 0 Å². The van der Waals surface area contributed by atoms with Crippen molar-refractivity contribution in [3.05, 3.63) is 59.0 Å². The summed E-state index contributed by atoms with van der Waals surface area (Å²) in [6, 6.07) is 10.4. The molecule has 0 radical (unpaired) electrons. The van der Waals surface area contributed by atoms with Crippen LogP contribution in [0.15, 0.2) is 41.0 Å². The number of benzene rings is 1. The third-order valence-corrected chi connectivity index (χ3v) is 3.74. The average Bonchev–Trinajstić information content (AvgIpc) is 2.86. The number of hydrogen-bond donors (Lipinski definition) is 1. The Hall–Kier alpha value is -1.58. The first-order valence-electron chi connectivity index (χ1n) is 6.74. The van der Waals surface area contributed by atoms with E-state index in [1.54, 1.807) is 6.26 Å². The maximum Gasteiger partial charge on any atom is 0.101 e. The average molecular weight is 257 g/mol. The smallest absolute Gasteiger partial charge is 0.101 e. The van der Waals surface area contributed by atoms with E-state index in [1.807, 2.05) is 13.0 Å². The Kier molecular flexibility index (Phi) is 3.40. The SMILES string of the molecule is Cc1cc(C(N)CC2OCCc3ccccc32)co1. The Labute approximate surface area is 113 Å². The molecule has 2 heterocycles. The standard InChI is InChI=1S/C16H19NO2/c1-11-8-13(10-19-11)15(17)9-16-14-5-3-2-4-12(14)6-7-18-16/h2-5,8,10,15-16H,6-7,9,17H2,1H3. The van der Waals surface area contributed by atoms with Crippen LogP contribution in [0.3, 0.4) is 0 Å². The quantitative estimate of drug-likeness (QED) is 0.917. The van der Waals surface area contributed by atoms with Gasteiger partial charge in [0.1, 0.15) is 5.76 Å². The summed E-state index contributed by atoms with van der Waals surface area (Å²) >= 11 is 0. The van der Waals surface area contributed by atoms with E-state index in [-0.39, 0.29) is 12.1 Å². The molecule has 0 fully saturated rings. The van der Waals surface area contributed by atoms with Crippen molar-refractivity contribution in [2.45, 2.75) is 31.9 Å². The van der Waals surface area contributed by atoms with Crippen LogP contribution in [0.4, 0.5) is 0 Å². The topological polar surface area (TPSA) is 48.4 Å². The second kappa shape index (κ2) is 5.19. The molecule has 19 heavy (non-hydrogen) atoms. The van der Waals surface area contributed by atoms with Crippen LogP contribution in [0.5, 0.6) is 0 Å². The molecule has 0 spiro atoms. The lowest BCUT2D eigenvalue weighted by molar-refractivity contribution is 0.0319. The van der Waals surface area contributed by atoms with Gasteiger partial charge in [0, 0.05) is 11.6 Å². The zero-order valence-corrected chi connectivity index (χ0v) is 11.1. The minimum Gasteiger partial charge on any atom is -0.469 e. The highest BCUT2D eigenvalue weighted by molar-refractivity contribution is 5.31. The number of fused-ring (bicyclic) bond motifs is 1. The molecule has 3 heteroatoms. The molecule has 3 nitrogen and oxygen atoms in total. The predicted octanol–water partition coefficient (Wildman–Crippen LogP) is 3.29. The van der Waals surface area contributed by atoms with Crippen LogP contribution < -0.4 is 5.73 Å². The molecule has 2 N–H and O–H groups in total. The number of hydrogen-bond acceptors (Lipinski definition) is 3. The van der Waals surface area contributed by atoms with Crippen molar-refractivity contribution in [1.29, 1.82) is 0 Å². The number of aryl methyl sites for hydroxylation is 1. The van der Waals surface area contributed by atoms with Gasteiger partial charge in [-0.25, -0.2) is 0 Å². The van der Waals surface area contributed by atoms with Crippen LogP contribution in [0.1, 0.15) is 41.0 Å². The summed E-state index contributed by atoms with van der Waals surface area (Å²) in [6.07, 6.45) is 3.62. The largest absolute Gasteiger partial charge is 0.469 e. The fourth-order valence-electron chi connectivity index (χ4n) is 2.70. The highest BCUT2D eigenvalue weighted by atomic mass is 16.5. The van der Waals surface area contributed by atoms with Crippen molar-refractivity contribution in [3.63, 3.8) is 0 Å². The van der Waals surface area contributed by atoms with E-state index in [9.17, 15) is 0 Å². The molecular formula is C16H19NO2. The Morgan fingerprint density at radius 1 is 1.37 bits per heavy atom. The van der Waals surface area contributed by atoms with Gasteiger partial charge in [-0.1, -0.05) is 24.3 Å². The minimum atomic E-state index is -0.0476. The zero-order chi connectivity index (χ0) is 13.2. The third-order valence-electron chi connectivity index (χ3n) is 3.74. The van der Waals surface area contributed by atoms with Crippen LogP contribution in [0.25, 0.3) is 0 Å². The van der Waals surface area contributed by atoms with Gasteiger partial charge in [0.25, 0.3) is 0 Å². The maximum absolute atomic E-state index is 6.26. The molecule has 0 saturated heterocycles. The number of rotatable bonds is 3. The Balaban J connectivity index is 1.77. The molecule has 1 aliphatic heterocycles. The monoisotopic (exact) mass is 257 g/mol. The van der Waals surface area contributed by atoms with E-state index in [0.717, 1.165) is 30.8 Å². The van der Waals surface area contributed by atoms with Crippen molar-refractivity contribution in [2.24, 2.45) is 5.73 Å². The van der Waals surface area contributed by atoms with E-state index >= 15 is 0 Å². The van der Waals surface area contributed by atoms with Gasteiger partial charge in [-0.15, -0.1) is 0 Å². The van der Waals surface area contributed by atoms with E-state index in [1.165, 1.54) is 11.1 Å². The molecule has 2 aromatic rings. The molecule has 1 aliphatic rings. The molecule has 100 valence electrons. The van der Waals surface area contributed by atoms with Crippen molar-refractivity contribution in [1.82, 2.24) is 0 Å². The maximum atomic E-state index is 6.26. The van der Waals surface area contributed by atoms with Gasteiger partial charge >= 0.3 is 0 Å². The lowest BCUT2D eigenvalue weighted by Crippen LogP contribution is -2.21. The highest BCUT2D eigenvalue weighted by Crippen LogP contribution is 2.33. The van der Waals surface area contributed by atoms with Crippen LogP contribution in [-0.4, -0.2) is 6.61 Å². The van der Waals surface area contributed by atoms with Crippen LogP contribution in [0.2, 0.25) is 0 Å². The lowest BCUT2D eigenvalue weighted by Gasteiger charge is -2.27. The summed E-state index contributed by atoms with van der Waals surface area (Å²) in [4.78, 5) is 0. The fourth-order valence-corrected chi connectivity index (χ4v) is 2.70. The van der Waals surface area contributed by atoms with Gasteiger partial charge in [-0.05, 0) is 37.0 Å². The number of ether oxygens (including phenoxy) is 1. The minimum absolute atomic E-state index is 0.0476. The first kappa shape index (κ1) is 12.5. The van der Waals surface area contributed by atoms with E-state index in [4.69, 9.17) is 14.9 Å². The number of furan rings is 1. The van der Waals surface area contributed by atoms with Crippen molar-refractivity contribution in [3.8, 4) is 0 Å². The van der Waals surface area contributed by atoms with Gasteiger partial charge < -0.3 is 14.9 Å². The molecule has 2 unspecified atom stereocenters. The molecule has 1 aromatic heterocycles. The first-order valence-corrected chi connectivity index (χ1v) is 6.74. The summed E-state index contributed by atoms with van der Waals surface area (Å²) in [6.45, 7) is 2.71. The molecule has 0 bridgehead atoms. The Bertz CT molecular complexity index is 561. The van der Waals surface area contributed by atoms with Crippen molar-refractivity contribution < 1.29 is 9.15 Å². The summed E-state index contributed by atoms with van der Waals surface area (Å²) in [7, 11) is 0. The van der Waals surface area contributed by atoms with E-state index in [2.05, 4.69) is 24.3 Å². The summed E-state index contributed by atoms with van der Waals surface area (Å²) < 4.78 is 11.2. The van der Waals surface area contributed by atoms with Crippen LogP contribution in [0, 0.1) is 6.92 Å². The van der Waals surface area contributed by atoms with Gasteiger partial charge in [0.05, 0.1) is 19.0 Å². The van der Waals surface area contributed by atoms with Gasteiger partial charge in [-0.3, -0.25) is 0 Å². The second-order valence-electron chi connectivity index (χ2n) is 5.14. The third kappa shape index (κ3) is 2.57. The van der Waals surface area contributed by atoms with Crippen LogP contribution in [-0.2, 0) is 11.2 Å². The molecule has 1 aromatic carbocycles. The molecule has 0 aliphatic carbocycles. The van der Waals surface area contributed by atoms with E-state index in [0.29, 0.717) is 0 Å². The summed E-state index contributed by atoms with van der Waals surface area (Å²) in [5.41, 5.74) is 9.97. The van der Waals surface area contributed by atoms with E-state index < -0.39 is 0 Å². The zero-order valence-electron chi connectivity index (χ0n) is 11.1. The molecular weight excluding hydrogens is 238 g/mol. The fraction of sp³-hybridized carbons (Fsp3) is 0.375. The highest BCUT2D eigenvalue weighted by Gasteiger charge is 2.23. The molecule has 3 rings (SSSR count). The molecule has 2 atom stereocenters. The molecule has 0 saturated carbocycles. The first-order chi connectivity index (χ1) is 9.24. The summed E-state index contributed by atoms with van der Waals surface area (Å²) in [5.74, 6) is 0.899. The van der Waals surface area contributed by atoms with Gasteiger partial charge in [0.15, 0.2) is 0 Å². The molecule has 0 amide bonds. The van der Waals surface area contributed by atoms with Crippen molar-refractivity contribution >= 4 is 0 Å². The number of nitrogens with two attached hydrogens (primary N) is 1. The predicted molar refractivity (Wildman–Crippen MR) is 73.8 cm³/mol.